The Kier molecular flexibility index (Phi) is 6.47. The molecule has 0 heterocycles. The molecule has 0 aliphatic rings. The van der Waals surface area contributed by atoms with Crippen molar-refractivity contribution in [3.8, 4) is 11.5 Å². The van der Waals surface area contributed by atoms with Gasteiger partial charge in [-0.1, -0.05) is 24.3 Å². The molecular formula is C23H21BrFNO2. The van der Waals surface area contributed by atoms with E-state index in [1.165, 1.54) is 17.7 Å². The van der Waals surface area contributed by atoms with Crippen LogP contribution < -0.4 is 9.47 Å². The SMILES string of the molecule is COc1cc(C=Nc2cccc(C)c2C)cc(Br)c1OCc1ccc(F)cc1. The first-order valence-corrected chi connectivity index (χ1v) is 9.62. The molecule has 0 aliphatic carbocycles. The van der Waals surface area contributed by atoms with Crippen LogP contribution in [0, 0.1) is 19.7 Å². The summed E-state index contributed by atoms with van der Waals surface area (Å²) in [5.74, 6) is 0.921. The third kappa shape index (κ3) is 4.78. The minimum absolute atomic E-state index is 0.269. The van der Waals surface area contributed by atoms with Crippen LogP contribution in [0.3, 0.4) is 0 Å². The Morgan fingerprint density at radius 1 is 1.07 bits per heavy atom. The van der Waals surface area contributed by atoms with Crippen molar-refractivity contribution in [1.29, 1.82) is 0 Å². The predicted molar refractivity (Wildman–Crippen MR) is 115 cm³/mol. The summed E-state index contributed by atoms with van der Waals surface area (Å²) in [6.07, 6.45) is 1.80. The fraction of sp³-hybridized carbons (Fsp3) is 0.174. The number of aliphatic imine (C=N–C) groups is 1. The second-order valence-corrected chi connectivity index (χ2v) is 7.28. The predicted octanol–water partition coefficient (Wildman–Crippen LogP) is 6.54. The molecular weight excluding hydrogens is 421 g/mol. The highest BCUT2D eigenvalue weighted by molar-refractivity contribution is 9.10. The summed E-state index contributed by atoms with van der Waals surface area (Å²) in [6.45, 7) is 4.44. The van der Waals surface area contributed by atoms with E-state index in [9.17, 15) is 4.39 Å². The molecule has 0 aromatic heterocycles. The summed E-state index contributed by atoms with van der Waals surface area (Å²) >= 11 is 3.55. The van der Waals surface area contributed by atoms with Crippen molar-refractivity contribution in [2.75, 3.05) is 7.11 Å². The van der Waals surface area contributed by atoms with Gasteiger partial charge in [0, 0.05) is 6.21 Å². The van der Waals surface area contributed by atoms with Gasteiger partial charge in [-0.2, -0.15) is 0 Å². The van der Waals surface area contributed by atoms with Gasteiger partial charge in [-0.25, -0.2) is 4.39 Å². The zero-order chi connectivity index (χ0) is 20.1. The van der Waals surface area contributed by atoms with E-state index < -0.39 is 0 Å². The van der Waals surface area contributed by atoms with Crippen molar-refractivity contribution in [2.24, 2.45) is 4.99 Å². The van der Waals surface area contributed by atoms with Gasteiger partial charge in [0.2, 0.25) is 0 Å². The zero-order valence-corrected chi connectivity index (χ0v) is 17.6. The summed E-state index contributed by atoms with van der Waals surface area (Å²) in [4.78, 5) is 4.61. The van der Waals surface area contributed by atoms with Crippen LogP contribution in [0.1, 0.15) is 22.3 Å². The fourth-order valence-electron chi connectivity index (χ4n) is 2.71. The van der Waals surface area contributed by atoms with Crippen LogP contribution in [-0.4, -0.2) is 13.3 Å². The van der Waals surface area contributed by atoms with Gasteiger partial charge in [-0.3, -0.25) is 4.99 Å². The second kappa shape index (κ2) is 9.02. The smallest absolute Gasteiger partial charge is 0.175 e. The second-order valence-electron chi connectivity index (χ2n) is 6.43. The topological polar surface area (TPSA) is 30.8 Å². The van der Waals surface area contributed by atoms with Crippen LogP contribution >= 0.6 is 15.9 Å². The maximum atomic E-state index is 13.0. The minimum Gasteiger partial charge on any atom is -0.493 e. The molecule has 0 spiro atoms. The number of halogens is 2. The van der Waals surface area contributed by atoms with Crippen molar-refractivity contribution >= 4 is 27.8 Å². The summed E-state index contributed by atoms with van der Waals surface area (Å²) in [5.41, 5.74) is 5.06. The molecule has 3 aromatic rings. The largest absolute Gasteiger partial charge is 0.493 e. The van der Waals surface area contributed by atoms with Crippen molar-refractivity contribution in [1.82, 2.24) is 0 Å². The fourth-order valence-corrected chi connectivity index (χ4v) is 3.28. The summed E-state index contributed by atoms with van der Waals surface area (Å²) in [7, 11) is 1.60. The van der Waals surface area contributed by atoms with Gasteiger partial charge in [0.15, 0.2) is 11.5 Å². The van der Waals surface area contributed by atoms with Gasteiger partial charge in [0.1, 0.15) is 12.4 Å². The van der Waals surface area contributed by atoms with E-state index in [0.717, 1.165) is 26.9 Å². The monoisotopic (exact) mass is 441 g/mol. The number of hydrogen-bond acceptors (Lipinski definition) is 3. The zero-order valence-electron chi connectivity index (χ0n) is 16.0. The van der Waals surface area contributed by atoms with Crippen molar-refractivity contribution in [2.45, 2.75) is 20.5 Å². The van der Waals surface area contributed by atoms with Crippen LogP contribution in [0.25, 0.3) is 0 Å². The van der Waals surface area contributed by atoms with E-state index in [-0.39, 0.29) is 5.82 Å². The molecule has 0 fully saturated rings. The summed E-state index contributed by atoms with van der Waals surface area (Å²) in [5, 5.41) is 0. The van der Waals surface area contributed by atoms with E-state index >= 15 is 0 Å². The molecule has 0 atom stereocenters. The molecule has 3 nitrogen and oxygen atoms in total. The molecule has 0 N–H and O–H groups in total. The number of benzene rings is 3. The maximum absolute atomic E-state index is 13.0. The number of ether oxygens (including phenoxy) is 2. The van der Waals surface area contributed by atoms with Gasteiger partial charge in [-0.05, 0) is 82.4 Å². The Bertz CT molecular complexity index is 1000. The van der Waals surface area contributed by atoms with Gasteiger partial charge in [0.25, 0.3) is 0 Å². The first kappa shape index (κ1) is 20.1. The molecule has 0 bridgehead atoms. The highest BCUT2D eigenvalue weighted by Crippen LogP contribution is 2.37. The van der Waals surface area contributed by atoms with E-state index in [4.69, 9.17) is 9.47 Å². The van der Waals surface area contributed by atoms with Gasteiger partial charge in [-0.15, -0.1) is 0 Å². The van der Waals surface area contributed by atoms with Crippen LogP contribution in [0.15, 0.2) is 64.1 Å². The highest BCUT2D eigenvalue weighted by Gasteiger charge is 2.12. The van der Waals surface area contributed by atoms with Crippen LogP contribution in [-0.2, 0) is 6.61 Å². The lowest BCUT2D eigenvalue weighted by Gasteiger charge is -2.13. The molecule has 0 amide bonds. The maximum Gasteiger partial charge on any atom is 0.175 e. The van der Waals surface area contributed by atoms with E-state index in [1.807, 2.05) is 24.3 Å². The van der Waals surface area contributed by atoms with Crippen LogP contribution in [0.2, 0.25) is 0 Å². The number of aryl methyl sites for hydroxylation is 1. The molecule has 3 aromatic carbocycles. The normalized spacial score (nSPS) is 11.0. The number of nitrogens with zero attached hydrogens (tertiary/aromatic N) is 1. The molecule has 0 radical (unpaired) electrons. The Hall–Kier alpha value is -2.66. The lowest BCUT2D eigenvalue weighted by atomic mass is 10.1. The first-order chi connectivity index (χ1) is 13.5. The molecule has 3 rings (SSSR count). The Morgan fingerprint density at radius 2 is 1.82 bits per heavy atom. The lowest BCUT2D eigenvalue weighted by Crippen LogP contribution is -1.99. The molecule has 0 saturated carbocycles. The van der Waals surface area contributed by atoms with Gasteiger partial charge < -0.3 is 9.47 Å². The molecule has 144 valence electrons. The minimum atomic E-state index is -0.269. The van der Waals surface area contributed by atoms with E-state index in [2.05, 4.69) is 40.8 Å². The first-order valence-electron chi connectivity index (χ1n) is 8.83. The summed E-state index contributed by atoms with van der Waals surface area (Å²) in [6, 6.07) is 16.1. The Balaban J connectivity index is 1.81. The summed E-state index contributed by atoms with van der Waals surface area (Å²) < 4.78 is 25.2. The standard InChI is InChI=1S/C23H21BrFNO2/c1-15-5-4-6-21(16(15)2)26-13-18-11-20(24)23(22(12-18)27-3)28-14-17-7-9-19(25)10-8-17/h4-13H,14H2,1-3H3. The van der Waals surface area contributed by atoms with Gasteiger partial charge >= 0.3 is 0 Å². The molecule has 0 unspecified atom stereocenters. The quantitative estimate of drug-likeness (QED) is 0.406. The number of hydrogen-bond donors (Lipinski definition) is 0. The Morgan fingerprint density at radius 3 is 2.54 bits per heavy atom. The highest BCUT2D eigenvalue weighted by atomic mass is 79.9. The van der Waals surface area contributed by atoms with E-state index in [0.29, 0.717) is 18.1 Å². The molecule has 5 heteroatoms. The third-order valence-electron chi connectivity index (χ3n) is 4.48. The lowest BCUT2D eigenvalue weighted by molar-refractivity contribution is 0.282. The van der Waals surface area contributed by atoms with Gasteiger partial charge in [0.05, 0.1) is 17.3 Å². The van der Waals surface area contributed by atoms with Crippen molar-refractivity contribution < 1.29 is 13.9 Å². The molecule has 0 saturated heterocycles. The van der Waals surface area contributed by atoms with Crippen LogP contribution in [0.5, 0.6) is 11.5 Å². The average molecular weight is 442 g/mol. The van der Waals surface area contributed by atoms with Crippen molar-refractivity contribution in [3.05, 3.63) is 87.1 Å². The third-order valence-corrected chi connectivity index (χ3v) is 5.07. The van der Waals surface area contributed by atoms with Crippen LogP contribution in [0.4, 0.5) is 10.1 Å². The van der Waals surface area contributed by atoms with E-state index in [1.54, 1.807) is 25.5 Å². The average Bonchev–Trinajstić information content (AvgIpc) is 2.69. The number of methoxy groups -OCH3 is 1. The Labute approximate surface area is 173 Å². The van der Waals surface area contributed by atoms with Crippen molar-refractivity contribution in [3.63, 3.8) is 0 Å². The number of rotatable bonds is 6. The molecule has 28 heavy (non-hydrogen) atoms. The molecule has 0 aliphatic heterocycles.